The van der Waals surface area contributed by atoms with Gasteiger partial charge in [0.05, 0.1) is 40.4 Å². The summed E-state index contributed by atoms with van der Waals surface area (Å²) in [6.07, 6.45) is 2.98. The zero-order chi connectivity index (χ0) is 29.7. The molecule has 0 bridgehead atoms. The molecule has 0 spiro atoms. The lowest BCUT2D eigenvalue weighted by Gasteiger charge is -2.26. The van der Waals surface area contributed by atoms with Crippen LogP contribution in [0.4, 0.5) is 23.0 Å². The lowest BCUT2D eigenvalue weighted by molar-refractivity contribution is -0.111. The van der Waals surface area contributed by atoms with Gasteiger partial charge in [0.25, 0.3) is 0 Å². The summed E-state index contributed by atoms with van der Waals surface area (Å²) >= 11 is 0. The third-order valence-electron chi connectivity index (χ3n) is 6.71. The predicted molar refractivity (Wildman–Crippen MR) is 167 cm³/mol. The van der Waals surface area contributed by atoms with Crippen molar-refractivity contribution in [2.45, 2.75) is 33.7 Å². The number of nitrogens with one attached hydrogen (secondary N) is 2. The third-order valence-corrected chi connectivity index (χ3v) is 6.71. The van der Waals surface area contributed by atoms with Crippen LogP contribution < -0.4 is 20.3 Å². The Bertz CT molecular complexity index is 1540. The van der Waals surface area contributed by atoms with E-state index in [9.17, 15) is 4.79 Å². The van der Waals surface area contributed by atoms with Crippen molar-refractivity contribution in [3.8, 4) is 17.0 Å². The van der Waals surface area contributed by atoms with Crippen molar-refractivity contribution in [3.63, 3.8) is 0 Å². The molecule has 0 atom stereocenters. The van der Waals surface area contributed by atoms with Crippen LogP contribution in [0.3, 0.4) is 0 Å². The average Bonchev–Trinajstić information content (AvgIpc) is 3.28. The molecule has 0 saturated carbocycles. The molecular weight excluding hydrogens is 516 g/mol. The van der Waals surface area contributed by atoms with E-state index in [2.05, 4.69) is 56.5 Å². The van der Waals surface area contributed by atoms with E-state index in [0.29, 0.717) is 29.7 Å². The molecular formula is C31H40N8O2. The number of amides is 1. The second-order valence-corrected chi connectivity index (χ2v) is 10.4. The Morgan fingerprint density at radius 1 is 1.10 bits per heavy atom. The number of imidazole rings is 1. The van der Waals surface area contributed by atoms with Gasteiger partial charge in [-0.1, -0.05) is 12.6 Å². The van der Waals surface area contributed by atoms with Crippen LogP contribution >= 0.6 is 0 Å². The molecule has 0 fully saturated rings. The summed E-state index contributed by atoms with van der Waals surface area (Å²) < 4.78 is 8.24. The Kier molecular flexibility index (Phi) is 9.24. The number of aromatic nitrogens is 4. The fraction of sp³-hybridized carbons (Fsp3) is 0.355. The topological polar surface area (TPSA) is 100 Å². The van der Waals surface area contributed by atoms with E-state index in [1.807, 2.05) is 65.3 Å². The standard InChI is InChI=1S/C31H40N8O2/c1-9-30(40)34-25-18-26(29(41-10-2)19-27(25)38(8)16-15-37(6)7)36-31-32-14-13-23(35-31)22-11-12-24-28(17-22)39(20(3)4)21(5)33-24/h9,11-14,17-20H,1,10,15-16H2,2-8H3,(H,34,40)(H,32,35,36). The summed E-state index contributed by atoms with van der Waals surface area (Å²) in [5, 5.41) is 6.26. The van der Waals surface area contributed by atoms with Gasteiger partial charge in [0.1, 0.15) is 11.6 Å². The van der Waals surface area contributed by atoms with Crippen LogP contribution in [0.25, 0.3) is 22.3 Å². The van der Waals surface area contributed by atoms with E-state index in [-0.39, 0.29) is 11.9 Å². The van der Waals surface area contributed by atoms with Crippen LogP contribution in [0.2, 0.25) is 0 Å². The molecule has 4 rings (SSSR count). The second-order valence-electron chi connectivity index (χ2n) is 10.4. The van der Waals surface area contributed by atoms with Gasteiger partial charge in [-0.3, -0.25) is 4.79 Å². The highest BCUT2D eigenvalue weighted by Crippen LogP contribution is 2.38. The number of carbonyl (C=O) groups is 1. The maximum Gasteiger partial charge on any atom is 0.247 e. The zero-order valence-corrected chi connectivity index (χ0v) is 25.0. The molecule has 41 heavy (non-hydrogen) atoms. The number of hydrogen-bond donors (Lipinski definition) is 2. The van der Waals surface area contributed by atoms with Crippen LogP contribution in [-0.4, -0.2) is 71.2 Å². The molecule has 0 aliphatic heterocycles. The first-order valence-electron chi connectivity index (χ1n) is 13.8. The summed E-state index contributed by atoms with van der Waals surface area (Å²) in [4.78, 5) is 30.5. The number of carbonyl (C=O) groups excluding carboxylic acids is 1. The van der Waals surface area contributed by atoms with Crippen molar-refractivity contribution in [2.75, 3.05) is 56.4 Å². The largest absolute Gasteiger partial charge is 0.492 e. The summed E-state index contributed by atoms with van der Waals surface area (Å²) in [5.41, 5.74) is 5.86. The van der Waals surface area contributed by atoms with Crippen LogP contribution in [0.15, 0.2) is 55.3 Å². The number of fused-ring (bicyclic) bond motifs is 1. The molecule has 0 saturated heterocycles. The van der Waals surface area contributed by atoms with E-state index in [1.165, 1.54) is 6.08 Å². The van der Waals surface area contributed by atoms with Gasteiger partial charge in [-0.2, -0.15) is 0 Å². The number of ether oxygens (including phenoxy) is 1. The molecule has 0 aliphatic carbocycles. The Hall–Kier alpha value is -4.44. The molecule has 2 heterocycles. The van der Waals surface area contributed by atoms with Crippen molar-refractivity contribution in [2.24, 2.45) is 0 Å². The number of nitrogens with zero attached hydrogens (tertiary/aromatic N) is 6. The third kappa shape index (κ3) is 6.83. The van der Waals surface area contributed by atoms with Gasteiger partial charge < -0.3 is 29.7 Å². The maximum absolute atomic E-state index is 12.3. The van der Waals surface area contributed by atoms with Crippen LogP contribution in [0, 0.1) is 6.92 Å². The summed E-state index contributed by atoms with van der Waals surface area (Å²) in [7, 11) is 6.04. The molecule has 0 radical (unpaired) electrons. The minimum absolute atomic E-state index is 0.288. The van der Waals surface area contributed by atoms with E-state index in [0.717, 1.165) is 46.9 Å². The molecule has 216 valence electrons. The fourth-order valence-corrected chi connectivity index (χ4v) is 4.74. The lowest BCUT2D eigenvalue weighted by atomic mass is 10.1. The van der Waals surface area contributed by atoms with Gasteiger partial charge in [0, 0.05) is 44.0 Å². The highest BCUT2D eigenvalue weighted by molar-refractivity contribution is 6.02. The van der Waals surface area contributed by atoms with Gasteiger partial charge in [-0.25, -0.2) is 15.0 Å². The Morgan fingerprint density at radius 2 is 1.88 bits per heavy atom. The summed E-state index contributed by atoms with van der Waals surface area (Å²) in [6, 6.07) is 12.1. The van der Waals surface area contributed by atoms with Gasteiger partial charge in [-0.15, -0.1) is 0 Å². The molecule has 1 amide bonds. The highest BCUT2D eigenvalue weighted by atomic mass is 16.5. The number of likely N-dealkylation sites (N-methyl/N-ethyl adjacent to an activating group) is 2. The SMILES string of the molecule is C=CC(=O)Nc1cc(Nc2nccc(-c3ccc4nc(C)n(C(C)C)c4c3)n2)c(OCC)cc1N(C)CCN(C)C. The van der Waals surface area contributed by atoms with Crippen molar-refractivity contribution in [1.29, 1.82) is 0 Å². The van der Waals surface area contributed by atoms with E-state index in [1.54, 1.807) is 6.20 Å². The molecule has 0 aliphatic rings. The molecule has 10 heteroatoms. The normalized spacial score (nSPS) is 11.2. The van der Waals surface area contributed by atoms with E-state index < -0.39 is 0 Å². The number of aryl methyl sites for hydroxylation is 1. The fourth-order valence-electron chi connectivity index (χ4n) is 4.74. The first-order valence-corrected chi connectivity index (χ1v) is 13.8. The Labute approximate surface area is 242 Å². The van der Waals surface area contributed by atoms with Crippen molar-refractivity contribution < 1.29 is 9.53 Å². The number of rotatable bonds is 12. The van der Waals surface area contributed by atoms with Crippen molar-refractivity contribution in [1.82, 2.24) is 24.4 Å². The zero-order valence-electron chi connectivity index (χ0n) is 25.0. The van der Waals surface area contributed by atoms with E-state index >= 15 is 0 Å². The molecule has 4 aromatic rings. The quantitative estimate of drug-likeness (QED) is 0.216. The Morgan fingerprint density at radius 3 is 2.56 bits per heavy atom. The number of anilines is 4. The predicted octanol–water partition coefficient (Wildman–Crippen LogP) is 5.65. The average molecular weight is 557 g/mol. The van der Waals surface area contributed by atoms with Gasteiger partial charge in [0.2, 0.25) is 11.9 Å². The van der Waals surface area contributed by atoms with Crippen molar-refractivity contribution >= 4 is 40.0 Å². The summed E-state index contributed by atoms with van der Waals surface area (Å²) in [5.74, 6) is 1.72. The first kappa shape index (κ1) is 29.5. The van der Waals surface area contributed by atoms with Crippen LogP contribution in [0.1, 0.15) is 32.6 Å². The smallest absolute Gasteiger partial charge is 0.247 e. The van der Waals surface area contributed by atoms with Crippen LogP contribution in [0.5, 0.6) is 5.75 Å². The maximum atomic E-state index is 12.3. The first-order chi connectivity index (χ1) is 19.6. The van der Waals surface area contributed by atoms with Gasteiger partial charge >= 0.3 is 0 Å². The highest BCUT2D eigenvalue weighted by Gasteiger charge is 2.17. The van der Waals surface area contributed by atoms with Crippen molar-refractivity contribution in [3.05, 3.63) is 61.1 Å². The minimum atomic E-state index is -0.299. The molecule has 2 N–H and O–H groups in total. The minimum Gasteiger partial charge on any atom is -0.492 e. The summed E-state index contributed by atoms with van der Waals surface area (Å²) in [6.45, 7) is 13.9. The van der Waals surface area contributed by atoms with E-state index in [4.69, 9.17) is 14.7 Å². The molecule has 0 unspecified atom stereocenters. The number of benzene rings is 2. The molecule has 10 nitrogen and oxygen atoms in total. The van der Waals surface area contributed by atoms with Gasteiger partial charge in [0.15, 0.2) is 0 Å². The molecule has 2 aromatic heterocycles. The molecule has 2 aromatic carbocycles. The van der Waals surface area contributed by atoms with Crippen LogP contribution in [-0.2, 0) is 4.79 Å². The number of hydrogen-bond acceptors (Lipinski definition) is 8. The van der Waals surface area contributed by atoms with Gasteiger partial charge in [-0.05, 0) is 72.1 Å². The second kappa shape index (κ2) is 12.8. The lowest BCUT2D eigenvalue weighted by Crippen LogP contribution is -2.29. The Balaban J connectivity index is 1.72. The monoisotopic (exact) mass is 556 g/mol.